The highest BCUT2D eigenvalue weighted by Gasteiger charge is 2.13. The van der Waals surface area contributed by atoms with E-state index in [2.05, 4.69) is 10.3 Å². The number of rotatable bonds is 3. The third-order valence-electron chi connectivity index (χ3n) is 3.28. The van der Waals surface area contributed by atoms with E-state index in [-0.39, 0.29) is 23.5 Å². The maximum Gasteiger partial charge on any atom is 0.230 e. The molecule has 0 fully saturated rings. The highest BCUT2D eigenvalue weighted by Crippen LogP contribution is 2.27. The van der Waals surface area contributed by atoms with E-state index in [1.54, 1.807) is 36.4 Å². The molecular formula is C17H15FN2O2. The number of benzene rings is 2. The molecule has 3 rings (SSSR count). The first kappa shape index (κ1) is 14.3. The summed E-state index contributed by atoms with van der Waals surface area (Å²) in [7, 11) is 0. The van der Waals surface area contributed by atoms with Gasteiger partial charge in [-0.25, -0.2) is 9.37 Å². The Kier molecular flexibility index (Phi) is 3.63. The van der Waals surface area contributed by atoms with Gasteiger partial charge in [0, 0.05) is 17.7 Å². The minimum absolute atomic E-state index is 0.0757. The van der Waals surface area contributed by atoms with Crippen molar-refractivity contribution in [2.45, 2.75) is 13.8 Å². The molecule has 112 valence electrons. The van der Waals surface area contributed by atoms with E-state index in [0.717, 1.165) is 0 Å². The zero-order chi connectivity index (χ0) is 15.7. The minimum atomic E-state index is -0.387. The molecule has 0 aliphatic carbocycles. The van der Waals surface area contributed by atoms with Crippen LogP contribution in [0.3, 0.4) is 0 Å². The summed E-state index contributed by atoms with van der Waals surface area (Å²) in [5.74, 6) is -0.351. The third kappa shape index (κ3) is 2.70. The van der Waals surface area contributed by atoms with Crippen LogP contribution in [0.25, 0.3) is 22.6 Å². The summed E-state index contributed by atoms with van der Waals surface area (Å²) in [5.41, 5.74) is 2.05. The van der Waals surface area contributed by atoms with E-state index in [0.29, 0.717) is 22.4 Å². The Hall–Kier alpha value is -2.69. The number of fused-ring (bicyclic) bond motifs is 1. The van der Waals surface area contributed by atoms with Gasteiger partial charge in [0.2, 0.25) is 11.8 Å². The molecule has 0 saturated heterocycles. The van der Waals surface area contributed by atoms with Crippen molar-refractivity contribution in [3.63, 3.8) is 0 Å². The van der Waals surface area contributed by atoms with Gasteiger partial charge in [0.25, 0.3) is 0 Å². The summed E-state index contributed by atoms with van der Waals surface area (Å²) in [6.45, 7) is 3.64. The maximum absolute atomic E-state index is 13.8. The van der Waals surface area contributed by atoms with E-state index >= 15 is 0 Å². The number of anilines is 1. The van der Waals surface area contributed by atoms with Gasteiger partial charge in [-0.15, -0.1) is 0 Å². The second-order valence-corrected chi connectivity index (χ2v) is 5.33. The van der Waals surface area contributed by atoms with E-state index < -0.39 is 0 Å². The predicted octanol–water partition coefficient (Wildman–Crippen LogP) is 4.23. The van der Waals surface area contributed by atoms with Crippen LogP contribution in [0.15, 0.2) is 46.9 Å². The summed E-state index contributed by atoms with van der Waals surface area (Å²) in [5, 5.41) is 2.79. The molecule has 1 aromatic heterocycles. The van der Waals surface area contributed by atoms with E-state index in [1.165, 1.54) is 6.07 Å². The van der Waals surface area contributed by atoms with E-state index in [4.69, 9.17) is 4.42 Å². The maximum atomic E-state index is 13.8. The molecule has 0 radical (unpaired) electrons. The summed E-state index contributed by atoms with van der Waals surface area (Å²) < 4.78 is 19.4. The second-order valence-electron chi connectivity index (χ2n) is 5.33. The fourth-order valence-electron chi connectivity index (χ4n) is 2.04. The largest absolute Gasteiger partial charge is 0.436 e. The lowest BCUT2D eigenvalue weighted by Crippen LogP contribution is -2.17. The van der Waals surface area contributed by atoms with Gasteiger partial charge in [0.15, 0.2) is 5.58 Å². The number of aromatic nitrogens is 1. The molecule has 1 heterocycles. The monoisotopic (exact) mass is 298 g/mol. The summed E-state index contributed by atoms with van der Waals surface area (Å²) in [6.07, 6.45) is 0. The number of carbonyl (C=O) groups is 1. The van der Waals surface area contributed by atoms with Crippen molar-refractivity contribution in [3.8, 4) is 11.5 Å². The molecular weight excluding hydrogens is 283 g/mol. The van der Waals surface area contributed by atoms with Gasteiger partial charge in [-0.2, -0.15) is 0 Å². The molecule has 1 amide bonds. The van der Waals surface area contributed by atoms with Crippen molar-refractivity contribution < 1.29 is 13.6 Å². The van der Waals surface area contributed by atoms with Crippen LogP contribution in [0.2, 0.25) is 0 Å². The first-order valence-electron chi connectivity index (χ1n) is 7.01. The lowest BCUT2D eigenvalue weighted by Gasteiger charge is -2.06. The molecule has 0 bridgehead atoms. The average Bonchev–Trinajstić information content (AvgIpc) is 2.90. The summed E-state index contributed by atoms with van der Waals surface area (Å²) in [4.78, 5) is 16.0. The molecule has 0 saturated carbocycles. The zero-order valence-electron chi connectivity index (χ0n) is 12.3. The van der Waals surface area contributed by atoms with Gasteiger partial charge in [-0.3, -0.25) is 4.79 Å². The lowest BCUT2D eigenvalue weighted by molar-refractivity contribution is -0.118. The van der Waals surface area contributed by atoms with Gasteiger partial charge in [0.05, 0.1) is 5.56 Å². The number of oxazole rings is 1. The highest BCUT2D eigenvalue weighted by molar-refractivity contribution is 5.94. The molecule has 4 nitrogen and oxygen atoms in total. The van der Waals surface area contributed by atoms with Crippen LogP contribution < -0.4 is 5.32 Å². The predicted molar refractivity (Wildman–Crippen MR) is 82.9 cm³/mol. The van der Waals surface area contributed by atoms with Crippen molar-refractivity contribution in [1.82, 2.24) is 4.98 Å². The first-order valence-corrected chi connectivity index (χ1v) is 7.01. The van der Waals surface area contributed by atoms with Crippen molar-refractivity contribution in [2.75, 3.05) is 5.32 Å². The topological polar surface area (TPSA) is 55.1 Å². The zero-order valence-corrected chi connectivity index (χ0v) is 12.3. The molecule has 0 unspecified atom stereocenters. The van der Waals surface area contributed by atoms with Crippen LogP contribution in [-0.4, -0.2) is 10.9 Å². The van der Waals surface area contributed by atoms with Gasteiger partial charge in [-0.05, 0) is 24.3 Å². The van der Waals surface area contributed by atoms with Crippen LogP contribution in [0.5, 0.6) is 0 Å². The van der Waals surface area contributed by atoms with Crippen LogP contribution in [0.4, 0.5) is 10.1 Å². The number of nitrogens with one attached hydrogen (secondary N) is 1. The molecule has 3 aromatic rings. The normalized spacial score (nSPS) is 11.1. The Balaban J connectivity index is 1.97. The number of hydrogen-bond donors (Lipinski definition) is 1. The van der Waals surface area contributed by atoms with Gasteiger partial charge in [0.1, 0.15) is 11.3 Å². The smallest absolute Gasteiger partial charge is 0.230 e. The molecule has 0 aliphatic heterocycles. The van der Waals surface area contributed by atoms with Crippen molar-refractivity contribution >= 4 is 22.7 Å². The van der Waals surface area contributed by atoms with Crippen molar-refractivity contribution in [1.29, 1.82) is 0 Å². The number of nitrogens with zero attached hydrogens (tertiary/aromatic N) is 1. The van der Waals surface area contributed by atoms with Crippen LogP contribution in [-0.2, 0) is 4.79 Å². The third-order valence-corrected chi connectivity index (χ3v) is 3.28. The van der Waals surface area contributed by atoms with Crippen molar-refractivity contribution in [3.05, 3.63) is 48.3 Å². The standard InChI is InChI=1S/C17H15FN2O2/c1-10(2)16(21)19-11-7-8-14-15(9-11)22-17(20-14)12-5-3-4-6-13(12)18/h3-10H,1-2H3,(H,19,21). The van der Waals surface area contributed by atoms with Crippen molar-refractivity contribution in [2.24, 2.45) is 5.92 Å². The minimum Gasteiger partial charge on any atom is -0.436 e. The molecule has 0 aliphatic rings. The van der Waals surface area contributed by atoms with Crippen LogP contribution >= 0.6 is 0 Å². The number of halogens is 1. The fraction of sp³-hybridized carbons (Fsp3) is 0.176. The number of carbonyl (C=O) groups excluding carboxylic acids is 1. The van der Waals surface area contributed by atoms with E-state index in [1.807, 2.05) is 13.8 Å². The Bertz CT molecular complexity index is 840. The molecule has 0 spiro atoms. The Morgan fingerprint density at radius 3 is 2.73 bits per heavy atom. The fourth-order valence-corrected chi connectivity index (χ4v) is 2.04. The van der Waals surface area contributed by atoms with Crippen LogP contribution in [0, 0.1) is 11.7 Å². The Labute approximate surface area is 127 Å². The van der Waals surface area contributed by atoms with Crippen LogP contribution in [0.1, 0.15) is 13.8 Å². The van der Waals surface area contributed by atoms with E-state index in [9.17, 15) is 9.18 Å². The first-order chi connectivity index (χ1) is 10.5. The highest BCUT2D eigenvalue weighted by atomic mass is 19.1. The number of hydrogen-bond acceptors (Lipinski definition) is 3. The molecule has 0 atom stereocenters. The SMILES string of the molecule is CC(C)C(=O)Nc1ccc2nc(-c3ccccc3F)oc2c1. The molecule has 22 heavy (non-hydrogen) atoms. The van der Waals surface area contributed by atoms with Gasteiger partial charge < -0.3 is 9.73 Å². The van der Waals surface area contributed by atoms with Gasteiger partial charge >= 0.3 is 0 Å². The number of amides is 1. The summed E-state index contributed by atoms with van der Waals surface area (Å²) in [6, 6.07) is 11.5. The quantitative estimate of drug-likeness (QED) is 0.787. The molecule has 1 N–H and O–H groups in total. The Morgan fingerprint density at radius 1 is 1.23 bits per heavy atom. The summed E-state index contributed by atoms with van der Waals surface area (Å²) >= 11 is 0. The van der Waals surface area contributed by atoms with Gasteiger partial charge in [-0.1, -0.05) is 26.0 Å². The second kappa shape index (κ2) is 5.60. The lowest BCUT2D eigenvalue weighted by atomic mass is 10.2. The average molecular weight is 298 g/mol. The molecule has 5 heteroatoms. The molecule has 2 aromatic carbocycles. The Morgan fingerprint density at radius 2 is 2.00 bits per heavy atom.